The van der Waals surface area contributed by atoms with E-state index >= 15 is 0 Å². The summed E-state index contributed by atoms with van der Waals surface area (Å²) in [6.45, 7) is 1.79. The second kappa shape index (κ2) is 5.54. The van der Waals surface area contributed by atoms with Crippen LogP contribution in [0.4, 0.5) is 0 Å². The Balaban J connectivity index is 3.95. The van der Waals surface area contributed by atoms with Crippen molar-refractivity contribution in [3.05, 3.63) is 0 Å². The lowest BCUT2D eigenvalue weighted by Gasteiger charge is -2.11. The van der Waals surface area contributed by atoms with E-state index in [9.17, 15) is 9.59 Å². The van der Waals surface area contributed by atoms with E-state index in [1.807, 2.05) is 0 Å². The molecule has 1 unspecified atom stereocenters. The third-order valence-electron chi connectivity index (χ3n) is 1.27. The summed E-state index contributed by atoms with van der Waals surface area (Å²) in [5.41, 5.74) is 5.13. The topological polar surface area (TPSA) is 89.6 Å². The molecule has 3 N–H and O–H groups in total. The normalized spacial score (nSPS) is 12.2. The Bertz CT molecular complexity index is 167. The Hall–Kier alpha value is -1.10. The fourth-order valence-corrected chi connectivity index (χ4v) is 0.626. The summed E-state index contributed by atoms with van der Waals surface area (Å²) in [4.78, 5) is 21.1. The van der Waals surface area contributed by atoms with Crippen LogP contribution < -0.4 is 5.73 Å². The van der Waals surface area contributed by atoms with Gasteiger partial charge in [0, 0.05) is 12.8 Å². The fourth-order valence-electron chi connectivity index (χ4n) is 0.626. The van der Waals surface area contributed by atoms with Crippen molar-refractivity contribution < 1.29 is 19.4 Å². The molecule has 5 nitrogen and oxygen atoms in total. The van der Waals surface area contributed by atoms with Crippen LogP contribution in [0.5, 0.6) is 0 Å². The van der Waals surface area contributed by atoms with Gasteiger partial charge in [0.25, 0.3) is 0 Å². The summed E-state index contributed by atoms with van der Waals surface area (Å²) in [5.74, 6) is -1.67. The van der Waals surface area contributed by atoms with E-state index in [2.05, 4.69) is 4.74 Å². The molecule has 70 valence electrons. The average molecular weight is 175 g/mol. The molecule has 0 aliphatic heterocycles. The van der Waals surface area contributed by atoms with Gasteiger partial charge in [-0.1, -0.05) is 6.92 Å². The fraction of sp³-hybridized carbons (Fsp3) is 0.714. The summed E-state index contributed by atoms with van der Waals surface area (Å²) < 4.78 is 4.58. The van der Waals surface area contributed by atoms with Gasteiger partial charge >= 0.3 is 11.9 Å². The number of carboxylic acid groups (broad SMARTS) is 1. The summed E-state index contributed by atoms with van der Waals surface area (Å²) in [6.07, 6.45) is -0.766. The van der Waals surface area contributed by atoms with Crippen LogP contribution >= 0.6 is 0 Å². The highest BCUT2D eigenvalue weighted by molar-refractivity contribution is 5.77. The zero-order valence-electron chi connectivity index (χ0n) is 6.95. The largest absolute Gasteiger partial charge is 0.479 e. The molecule has 0 rings (SSSR count). The van der Waals surface area contributed by atoms with Crippen molar-refractivity contribution in [3.63, 3.8) is 0 Å². The van der Waals surface area contributed by atoms with Gasteiger partial charge in [-0.15, -0.1) is 0 Å². The number of rotatable bonds is 5. The van der Waals surface area contributed by atoms with Crippen LogP contribution in [0.3, 0.4) is 0 Å². The molecular formula is C7H13NO4. The predicted molar refractivity (Wildman–Crippen MR) is 41.5 cm³/mol. The molecule has 0 saturated carbocycles. The van der Waals surface area contributed by atoms with Crippen molar-refractivity contribution in [1.82, 2.24) is 0 Å². The van der Waals surface area contributed by atoms with Crippen LogP contribution in [0, 0.1) is 0 Å². The zero-order valence-corrected chi connectivity index (χ0v) is 6.95. The van der Waals surface area contributed by atoms with Crippen molar-refractivity contribution in [2.75, 3.05) is 6.54 Å². The molecule has 1 atom stereocenters. The quantitative estimate of drug-likeness (QED) is 0.562. The summed E-state index contributed by atoms with van der Waals surface area (Å²) in [7, 11) is 0. The summed E-state index contributed by atoms with van der Waals surface area (Å²) in [6, 6.07) is 0. The SMILES string of the molecule is CCC(=O)OC(CCN)C(=O)O. The van der Waals surface area contributed by atoms with Crippen LogP contribution in [-0.2, 0) is 14.3 Å². The maximum absolute atomic E-state index is 10.7. The lowest BCUT2D eigenvalue weighted by Crippen LogP contribution is -2.29. The van der Waals surface area contributed by atoms with Crippen LogP contribution in [0.2, 0.25) is 0 Å². The summed E-state index contributed by atoms with van der Waals surface area (Å²) >= 11 is 0. The molecule has 0 aliphatic rings. The number of carbonyl (C=O) groups excluding carboxylic acids is 1. The lowest BCUT2D eigenvalue weighted by atomic mass is 10.2. The molecule has 12 heavy (non-hydrogen) atoms. The van der Waals surface area contributed by atoms with E-state index in [1.165, 1.54) is 0 Å². The number of nitrogens with two attached hydrogens (primary N) is 1. The smallest absolute Gasteiger partial charge is 0.345 e. The Labute approximate surface area is 70.5 Å². The van der Waals surface area contributed by atoms with Crippen molar-refractivity contribution >= 4 is 11.9 Å². The minimum Gasteiger partial charge on any atom is -0.479 e. The van der Waals surface area contributed by atoms with Gasteiger partial charge in [0.05, 0.1) is 0 Å². The molecule has 0 aromatic rings. The van der Waals surface area contributed by atoms with Crippen LogP contribution in [0.25, 0.3) is 0 Å². The minimum absolute atomic E-state index is 0.154. The van der Waals surface area contributed by atoms with Gasteiger partial charge in [-0.25, -0.2) is 4.79 Å². The van der Waals surface area contributed by atoms with Gasteiger partial charge in [0.2, 0.25) is 0 Å². The number of hydrogen-bond donors (Lipinski definition) is 2. The molecule has 0 amide bonds. The van der Waals surface area contributed by atoms with Gasteiger partial charge in [-0.05, 0) is 6.54 Å². The standard InChI is InChI=1S/C7H13NO4/c1-2-6(9)12-5(3-4-8)7(10)11/h5H,2-4,8H2,1H3,(H,10,11). The van der Waals surface area contributed by atoms with Gasteiger partial charge in [-0.3, -0.25) is 4.79 Å². The Morgan fingerprint density at radius 3 is 2.50 bits per heavy atom. The van der Waals surface area contributed by atoms with E-state index in [1.54, 1.807) is 6.92 Å². The second-order valence-corrected chi connectivity index (χ2v) is 2.25. The van der Waals surface area contributed by atoms with Crippen LogP contribution in [0.1, 0.15) is 19.8 Å². The molecule has 0 bridgehead atoms. The zero-order chi connectivity index (χ0) is 9.56. The number of carboxylic acids is 1. The third kappa shape index (κ3) is 3.92. The van der Waals surface area contributed by atoms with E-state index in [-0.39, 0.29) is 19.4 Å². The maximum atomic E-state index is 10.7. The van der Waals surface area contributed by atoms with Gasteiger partial charge < -0.3 is 15.6 Å². The molecule has 5 heteroatoms. The molecule has 0 radical (unpaired) electrons. The first-order valence-corrected chi connectivity index (χ1v) is 3.74. The van der Waals surface area contributed by atoms with Crippen molar-refractivity contribution in [2.24, 2.45) is 5.73 Å². The van der Waals surface area contributed by atoms with E-state index in [0.717, 1.165) is 0 Å². The lowest BCUT2D eigenvalue weighted by molar-refractivity contribution is -0.164. The number of hydrogen-bond acceptors (Lipinski definition) is 4. The molecule has 0 saturated heterocycles. The minimum atomic E-state index is -1.15. The highest BCUT2D eigenvalue weighted by Crippen LogP contribution is 1.99. The van der Waals surface area contributed by atoms with Crippen molar-refractivity contribution in [3.8, 4) is 0 Å². The highest BCUT2D eigenvalue weighted by atomic mass is 16.6. The van der Waals surface area contributed by atoms with Crippen molar-refractivity contribution in [2.45, 2.75) is 25.9 Å². The molecule has 0 heterocycles. The molecule has 0 aliphatic carbocycles. The van der Waals surface area contributed by atoms with E-state index in [4.69, 9.17) is 10.8 Å². The number of esters is 1. The second-order valence-electron chi connectivity index (χ2n) is 2.25. The monoisotopic (exact) mass is 175 g/mol. The average Bonchev–Trinajstić information content (AvgIpc) is 2.03. The maximum Gasteiger partial charge on any atom is 0.345 e. The first-order chi connectivity index (χ1) is 5.61. The molecule has 0 aromatic heterocycles. The molecule has 0 fully saturated rings. The summed E-state index contributed by atoms with van der Waals surface area (Å²) in [5, 5.41) is 8.52. The van der Waals surface area contributed by atoms with Crippen LogP contribution in [-0.4, -0.2) is 29.7 Å². The first-order valence-electron chi connectivity index (χ1n) is 3.74. The highest BCUT2D eigenvalue weighted by Gasteiger charge is 2.19. The van der Waals surface area contributed by atoms with E-state index in [0.29, 0.717) is 0 Å². The molecule has 0 spiro atoms. The first kappa shape index (κ1) is 10.9. The Morgan fingerprint density at radius 2 is 2.17 bits per heavy atom. The van der Waals surface area contributed by atoms with Gasteiger partial charge in [0.15, 0.2) is 6.10 Å². The molecule has 0 aromatic carbocycles. The van der Waals surface area contributed by atoms with E-state index < -0.39 is 18.0 Å². The Kier molecular flexibility index (Phi) is 5.03. The number of ether oxygens (including phenoxy) is 1. The third-order valence-corrected chi connectivity index (χ3v) is 1.27. The number of carbonyl (C=O) groups is 2. The Morgan fingerprint density at radius 1 is 1.58 bits per heavy atom. The van der Waals surface area contributed by atoms with Crippen LogP contribution in [0.15, 0.2) is 0 Å². The molecular weight excluding hydrogens is 162 g/mol. The number of aliphatic carboxylic acids is 1. The van der Waals surface area contributed by atoms with Crippen molar-refractivity contribution in [1.29, 1.82) is 0 Å². The predicted octanol–water partition coefficient (Wildman–Crippen LogP) is -0.258. The van der Waals surface area contributed by atoms with Gasteiger partial charge in [0.1, 0.15) is 0 Å². The van der Waals surface area contributed by atoms with Gasteiger partial charge in [-0.2, -0.15) is 0 Å².